The molecular weight excluding hydrogens is 1520 g/mol. The van der Waals surface area contributed by atoms with Crippen molar-refractivity contribution in [1.82, 2.24) is 14.7 Å². The van der Waals surface area contributed by atoms with Crippen LogP contribution >= 0.6 is 0 Å². The van der Waals surface area contributed by atoms with E-state index >= 15 is 0 Å². The number of benzene rings is 5. The molecule has 4 saturated heterocycles. The van der Waals surface area contributed by atoms with E-state index in [4.69, 9.17) is 41.2 Å². The maximum atomic E-state index is 12.6. The molecule has 614 valence electrons. The third kappa shape index (κ3) is 9.03. The predicted molar refractivity (Wildman–Crippen MR) is 402 cm³/mol. The lowest BCUT2D eigenvalue weighted by Gasteiger charge is -2.63. The number of hydrogen-bond donors (Lipinski definition) is 13. The van der Waals surface area contributed by atoms with Gasteiger partial charge in [0.05, 0.1) is 58.4 Å². The van der Waals surface area contributed by atoms with Crippen molar-refractivity contribution in [1.29, 1.82) is 0 Å². The number of phenolic OH excluding ortho intramolecular Hbond substituents is 5. The number of ketones is 5. The average molecular weight is 1620 g/mol. The number of likely N-dealkylation sites (tertiary alicyclic amines) is 4. The number of hydrogen-bond acceptors (Lipinski definition) is 28. The zero-order valence-electron chi connectivity index (χ0n) is 64.0. The number of likely N-dealkylation sites (N-methyl/N-ethyl adjacent to an activating group) is 4. The summed E-state index contributed by atoms with van der Waals surface area (Å²) >= 11 is 0. The standard InChI is InChI=1S/C17H19NO5.C17H19NO4.3C17H17NO4.H2O4S.H2/c1-18-5-4-16-13-8-2-3-9(19)14(13)23-15(16)10(20)7-12(21)17(16,22)11(18)6-8;3*1-18-7-6-16-13-9-2-3-10(19)14(13)22-15(16)11(20)4-5-17(16,21)12(18)8-9;18-10-3-5-16-13-8-1-2-11(19)14(13)22-15(16)12(20)4-6-17(16,21)9(10)7-8;1-5(2,3)4;/h2-3,11-12,15,19,21-22H,4-7H2,1H3;2-3,12,15,19,21H,4-8H2,1H3;2*2-5,12,15,19,21H,6-8H2,1H3;1-2,4,6,9-10,15,19,21H,3,5,7,18H2;(H2,1,2,3,4);1H/t11-,12?,15+,16+,17+;3*12-,15+,16+,17-;9-,10?,15-,16-,17+;;/m11110../s1. The number of nitrogens with zero attached hydrogens (tertiary/aromatic N) is 3. The van der Waals surface area contributed by atoms with Crippen LogP contribution in [0.4, 0.5) is 0 Å². The van der Waals surface area contributed by atoms with Crippen molar-refractivity contribution in [2.24, 2.45) is 5.92 Å². The summed E-state index contributed by atoms with van der Waals surface area (Å²) in [5, 5.41) is 120. The van der Waals surface area contributed by atoms with Crippen LogP contribution in [0.3, 0.4) is 0 Å². The number of rotatable bonds is 0. The number of aromatic hydroxyl groups is 5. The molecule has 15 N–H and O–H groups in total. The van der Waals surface area contributed by atoms with E-state index in [0.717, 1.165) is 94.5 Å². The molecule has 23 atom stereocenters. The van der Waals surface area contributed by atoms with Crippen LogP contribution in [0.5, 0.6) is 57.5 Å². The number of Topliss-reactive ketones (excluding diaryl/α,β-unsaturated/α-hetero) is 2. The van der Waals surface area contributed by atoms with Gasteiger partial charge in [-0.2, -0.15) is 0 Å². The zero-order valence-corrected chi connectivity index (χ0v) is 64.8. The topological polar surface area (TPSA) is 476 Å². The predicted octanol–water partition coefficient (Wildman–Crippen LogP) is -1.17. The SMILES string of the molecule is CN1CC[C@]23c4c5ccc(O)c4O[C@H]2C(=O)C=C[C@@]3(O)[C@H]1C5.CN1CC[C@]23c4c5ccc(O)c4O[C@H]2C(=O)CC(O)[C@@]3(O)[C@H]1C5.CN1CC[C@]23c4c5ccc(O)c4O[C@H]2C(=O)CC[C@@]3(O)[C@H]1C5.C[NH+]1CC[C@]23c4c5ccc(O)c4O[C@H]2C(=O)C=C[C@@]3(O)[C@H]1C5.O=S(=O)([O-])[O-].[HH].[NH3+]C1CC[C@]23c4c5ccc(O)c4O[C@H]2C(=O)C=C[C@@]3(O)[C@H]1C5. The van der Waals surface area contributed by atoms with Crippen molar-refractivity contribution in [2.75, 3.05) is 54.4 Å². The molecule has 5 aromatic rings. The molecule has 9 aliphatic heterocycles. The second kappa shape index (κ2) is 24.4. The number of phenols is 5. The Balaban J connectivity index is 0.0000000957. The summed E-state index contributed by atoms with van der Waals surface area (Å²) in [6.45, 7) is 3.21. The monoisotopic (exact) mass is 1620 g/mol. The Labute approximate surface area is 666 Å². The van der Waals surface area contributed by atoms with E-state index in [1.165, 1.54) is 23.1 Å². The Morgan fingerprint density at radius 2 is 0.828 bits per heavy atom. The highest BCUT2D eigenvalue weighted by atomic mass is 32.3. The molecule has 9 heterocycles. The summed E-state index contributed by atoms with van der Waals surface area (Å²) in [6.07, 6.45) is 12.7. The lowest BCUT2D eigenvalue weighted by molar-refractivity contribution is -0.922. The van der Waals surface area contributed by atoms with Gasteiger partial charge in [-0.3, -0.25) is 37.3 Å². The molecule has 0 amide bonds. The van der Waals surface area contributed by atoms with Crippen molar-refractivity contribution >= 4 is 39.3 Å². The number of ether oxygens (including phenoxy) is 5. The van der Waals surface area contributed by atoms with Gasteiger partial charge in [0.15, 0.2) is 117 Å². The quantitative estimate of drug-likeness (QED) is 0.0642. The molecule has 20 aliphatic rings. The summed E-state index contributed by atoms with van der Waals surface area (Å²) in [7, 11) is 2.92. The normalized spacial score (nSPS) is 41.6. The van der Waals surface area contributed by atoms with Gasteiger partial charge in [-0.25, -0.2) is 0 Å². The molecule has 11 aliphatic carbocycles. The van der Waals surface area contributed by atoms with Crippen LogP contribution in [0, 0.1) is 5.92 Å². The molecule has 0 radical (unpaired) electrons. The van der Waals surface area contributed by atoms with Crippen LogP contribution in [0.15, 0.2) is 97.1 Å². The average Bonchev–Trinajstić information content (AvgIpc) is 1.58. The molecule has 30 nitrogen and oxygen atoms in total. The maximum Gasteiger partial charge on any atom is 0.197 e. The Kier molecular flexibility index (Phi) is 16.0. The van der Waals surface area contributed by atoms with E-state index in [2.05, 4.69) is 27.5 Å². The molecule has 0 aromatic heterocycles. The fraction of sp³-hybridized carbons (Fsp3) is 0.518. The van der Waals surface area contributed by atoms with Gasteiger partial charge in [0.2, 0.25) is 0 Å². The summed E-state index contributed by atoms with van der Waals surface area (Å²) in [4.78, 5) is 70.1. The molecule has 7 fully saturated rings. The van der Waals surface area contributed by atoms with Gasteiger partial charge in [-0.15, -0.1) is 0 Å². The van der Waals surface area contributed by atoms with Crippen molar-refractivity contribution in [3.05, 3.63) is 153 Å². The van der Waals surface area contributed by atoms with Crippen molar-refractivity contribution < 1.29 is 133 Å². The smallest absolute Gasteiger partial charge is 0.197 e. The first-order valence-electron chi connectivity index (χ1n) is 39.9. The van der Waals surface area contributed by atoms with E-state index in [1.807, 2.05) is 51.5 Å². The highest BCUT2D eigenvalue weighted by Gasteiger charge is 2.79. The molecule has 31 heteroatoms. The number of nitrogens with one attached hydrogen (secondary N) is 1. The number of carbonyl (C=O) groups excluding carboxylic acids is 5. The minimum atomic E-state index is -5.17. The molecular formula is C85H93N5O25S. The van der Waals surface area contributed by atoms with Gasteiger partial charge < -0.3 is 109 Å². The summed E-state index contributed by atoms with van der Waals surface area (Å²) in [5.74, 6) is 1.60. The molecule has 25 rings (SSSR count). The summed E-state index contributed by atoms with van der Waals surface area (Å²) < 4.78 is 63.6. The molecule has 3 unspecified atom stereocenters. The van der Waals surface area contributed by atoms with Gasteiger partial charge in [-0.05, 0) is 193 Å². The van der Waals surface area contributed by atoms with Gasteiger partial charge in [0.25, 0.3) is 0 Å². The first-order chi connectivity index (χ1) is 54.9. The van der Waals surface area contributed by atoms with Crippen LogP contribution in [-0.2, 0) is 93.6 Å². The van der Waals surface area contributed by atoms with Crippen molar-refractivity contribution in [2.45, 2.75) is 212 Å². The molecule has 10 bridgehead atoms. The third-order valence-corrected chi connectivity index (χ3v) is 31.8. The van der Waals surface area contributed by atoms with Crippen molar-refractivity contribution in [3.8, 4) is 57.5 Å². The molecule has 116 heavy (non-hydrogen) atoms. The highest BCUT2D eigenvalue weighted by molar-refractivity contribution is 7.79. The lowest BCUT2D eigenvalue weighted by atomic mass is 9.46. The second-order valence-electron chi connectivity index (χ2n) is 36.1. The zero-order chi connectivity index (χ0) is 81.7. The van der Waals surface area contributed by atoms with Crippen molar-refractivity contribution in [3.63, 3.8) is 0 Å². The Bertz CT molecular complexity index is 5160. The fourth-order valence-electron chi connectivity index (χ4n) is 26.9. The minimum Gasteiger partial charge on any atom is -0.759 e. The van der Waals surface area contributed by atoms with E-state index < -0.39 is 102 Å². The first kappa shape index (κ1) is 75.8. The number of quaternary nitrogens is 2. The van der Waals surface area contributed by atoms with E-state index in [1.54, 1.807) is 48.6 Å². The third-order valence-electron chi connectivity index (χ3n) is 31.8. The van der Waals surface area contributed by atoms with E-state index in [0.29, 0.717) is 99.5 Å². The van der Waals surface area contributed by atoms with Gasteiger partial charge >= 0.3 is 0 Å². The van der Waals surface area contributed by atoms with E-state index in [9.17, 15) is 80.1 Å². The Morgan fingerprint density at radius 3 is 1.34 bits per heavy atom. The van der Waals surface area contributed by atoms with Gasteiger partial charge in [-0.1, -0.05) is 30.3 Å². The van der Waals surface area contributed by atoms with Crippen LogP contribution in [0.1, 0.15) is 115 Å². The largest absolute Gasteiger partial charge is 0.759 e. The molecule has 3 saturated carbocycles. The van der Waals surface area contributed by atoms with Crippen LogP contribution in [0.25, 0.3) is 0 Å². The lowest BCUT2D eigenvalue weighted by Crippen LogP contribution is -3.19. The number of aliphatic hydroxyl groups is 6. The van der Waals surface area contributed by atoms with Crippen LogP contribution in [-0.4, -0.2) is 267 Å². The van der Waals surface area contributed by atoms with Gasteiger partial charge in [0, 0.05) is 95.8 Å². The number of aliphatic hydroxyl groups excluding tert-OH is 1. The molecule has 5 aromatic carbocycles. The van der Waals surface area contributed by atoms with E-state index in [-0.39, 0.29) is 102 Å². The number of carbonyl (C=O) groups is 5. The van der Waals surface area contributed by atoms with Gasteiger partial charge in [0.1, 0.15) is 28.4 Å². The summed E-state index contributed by atoms with van der Waals surface area (Å²) in [6, 6.07) is 17.4. The van der Waals surface area contributed by atoms with Crippen LogP contribution in [0.2, 0.25) is 0 Å². The number of piperidine rings is 4. The summed E-state index contributed by atoms with van der Waals surface area (Å²) in [5.41, 5.74) is 4.09. The van der Waals surface area contributed by atoms with Crippen LogP contribution < -0.4 is 34.3 Å². The Hall–Kier alpha value is -8.90. The first-order valence-corrected chi connectivity index (χ1v) is 41.3. The second-order valence-corrected chi connectivity index (χ2v) is 37.0. The maximum absolute atomic E-state index is 12.6. The fourth-order valence-corrected chi connectivity index (χ4v) is 26.9. The highest BCUT2D eigenvalue weighted by Crippen LogP contribution is 2.70. The minimum absolute atomic E-state index is 0. The molecule has 5 spiro atoms. The Morgan fingerprint density at radius 1 is 0.457 bits per heavy atom.